The highest BCUT2D eigenvalue weighted by Crippen LogP contribution is 2.41. The average molecular weight is 313 g/mol. The van der Waals surface area contributed by atoms with Gasteiger partial charge < -0.3 is 0 Å². The van der Waals surface area contributed by atoms with Gasteiger partial charge in [0.1, 0.15) is 5.92 Å². The van der Waals surface area contributed by atoms with Crippen molar-refractivity contribution in [1.29, 1.82) is 0 Å². The Hall–Kier alpha value is -1.84. The normalized spacial score (nSPS) is 36.3. The van der Waals surface area contributed by atoms with Crippen LogP contribution < -0.4 is 0 Å². The van der Waals surface area contributed by atoms with E-state index in [0.29, 0.717) is 12.0 Å². The maximum atomic E-state index is 12.8. The first-order valence-electron chi connectivity index (χ1n) is 8.40. The van der Waals surface area contributed by atoms with Crippen LogP contribution in [0.25, 0.3) is 0 Å². The van der Waals surface area contributed by atoms with Gasteiger partial charge in [0.15, 0.2) is 17.3 Å². The summed E-state index contributed by atoms with van der Waals surface area (Å²) in [6.07, 6.45) is 9.13. The van der Waals surface area contributed by atoms with Gasteiger partial charge >= 0.3 is 0 Å². The third-order valence-electron chi connectivity index (χ3n) is 5.71. The van der Waals surface area contributed by atoms with Crippen LogP contribution >= 0.6 is 0 Å². The molecule has 0 aromatic rings. The topological polar surface area (TPSA) is 63.6 Å². The number of hydrogen-bond donors (Lipinski definition) is 0. The molecule has 2 bridgehead atoms. The second kappa shape index (κ2) is 5.66. The predicted octanol–water partition coefficient (Wildman–Crippen LogP) is 2.72. The summed E-state index contributed by atoms with van der Waals surface area (Å²) in [7, 11) is 0. The molecule has 1 heterocycles. The highest BCUT2D eigenvalue weighted by molar-refractivity contribution is 6.31. The van der Waals surface area contributed by atoms with Crippen molar-refractivity contribution in [2.75, 3.05) is 0 Å². The van der Waals surface area contributed by atoms with Crippen molar-refractivity contribution in [3.8, 4) is 0 Å². The zero-order valence-electron chi connectivity index (χ0n) is 13.9. The van der Waals surface area contributed by atoms with E-state index in [4.69, 9.17) is 0 Å². The summed E-state index contributed by atoms with van der Waals surface area (Å²) < 4.78 is 0. The third-order valence-corrected chi connectivity index (χ3v) is 5.71. The molecule has 3 rings (SSSR count). The van der Waals surface area contributed by atoms with Crippen molar-refractivity contribution in [3.05, 3.63) is 23.8 Å². The molecule has 4 heteroatoms. The number of allylic oxidation sites excluding steroid dienone is 3. The zero-order valence-corrected chi connectivity index (χ0v) is 13.9. The Morgan fingerprint density at radius 1 is 1.22 bits per heavy atom. The minimum absolute atomic E-state index is 0.105. The molecule has 3 atom stereocenters. The first kappa shape index (κ1) is 16.0. The van der Waals surface area contributed by atoms with E-state index in [-0.39, 0.29) is 40.6 Å². The maximum Gasteiger partial charge on any atom is 0.182 e. The monoisotopic (exact) mass is 313 g/mol. The predicted molar refractivity (Wildman–Crippen MR) is 88.3 cm³/mol. The largest absolute Gasteiger partial charge is 0.298 e. The van der Waals surface area contributed by atoms with Gasteiger partial charge in [-0.15, -0.1) is 0 Å². The van der Waals surface area contributed by atoms with E-state index in [0.717, 1.165) is 12.8 Å². The maximum absolute atomic E-state index is 12.8. The van der Waals surface area contributed by atoms with Crippen molar-refractivity contribution in [2.45, 2.75) is 45.6 Å². The molecule has 0 spiro atoms. The van der Waals surface area contributed by atoms with Crippen LogP contribution in [0, 0.1) is 23.7 Å². The lowest BCUT2D eigenvalue weighted by atomic mass is 9.75. The summed E-state index contributed by atoms with van der Waals surface area (Å²) in [5, 5.41) is 0. The average Bonchev–Trinajstić information content (AvgIpc) is 2.86. The van der Waals surface area contributed by atoms with Gasteiger partial charge in [0.25, 0.3) is 0 Å². The highest BCUT2D eigenvalue weighted by Gasteiger charge is 2.50. The summed E-state index contributed by atoms with van der Waals surface area (Å²) >= 11 is 0. The second-order valence-corrected chi connectivity index (χ2v) is 7.43. The van der Waals surface area contributed by atoms with Crippen molar-refractivity contribution < 1.29 is 14.4 Å². The minimum atomic E-state index is -1.10. The Kier molecular flexibility index (Phi) is 3.95. The molecule has 23 heavy (non-hydrogen) atoms. The molecule has 0 aromatic heterocycles. The quantitative estimate of drug-likeness (QED) is 0.753. The standard InChI is InChI=1S/C19H23NO3/c1-11(2)19(3)8-4-5-14(10-20-19)18(23)15-16(21)12-6-7-13(9-12)17(15)22/h4-5,8,10-13,15H,6-7,9H2,1-3H3. The summed E-state index contributed by atoms with van der Waals surface area (Å²) in [5.74, 6) is -1.76. The van der Waals surface area contributed by atoms with Crippen LogP contribution in [0.5, 0.6) is 0 Å². The summed E-state index contributed by atoms with van der Waals surface area (Å²) in [6, 6.07) is 0. The smallest absolute Gasteiger partial charge is 0.182 e. The number of fused-ring (bicyclic) bond motifs is 2. The number of carbonyl (C=O) groups excluding carboxylic acids is 3. The Morgan fingerprint density at radius 2 is 1.83 bits per heavy atom. The lowest BCUT2D eigenvalue weighted by Crippen LogP contribution is -2.42. The number of aliphatic imine (C=N–C) groups is 1. The number of carbonyl (C=O) groups is 3. The van der Waals surface area contributed by atoms with E-state index in [9.17, 15) is 14.4 Å². The first-order valence-corrected chi connectivity index (χ1v) is 8.40. The molecule has 3 aliphatic rings. The fourth-order valence-corrected chi connectivity index (χ4v) is 3.66. The van der Waals surface area contributed by atoms with Gasteiger partial charge in [-0.3, -0.25) is 19.4 Å². The van der Waals surface area contributed by atoms with Crippen LogP contribution in [0.4, 0.5) is 0 Å². The SMILES string of the molecule is CC(C)C1(C)C=CC=C(C(=O)C2C(=O)C3CCC(C3)C2=O)C=N1. The molecule has 122 valence electrons. The molecule has 2 fully saturated rings. The second-order valence-electron chi connectivity index (χ2n) is 7.43. The van der Waals surface area contributed by atoms with E-state index < -0.39 is 5.92 Å². The Bertz CT molecular complexity index is 634. The number of hydrogen-bond acceptors (Lipinski definition) is 4. The van der Waals surface area contributed by atoms with Gasteiger partial charge in [-0.2, -0.15) is 0 Å². The van der Waals surface area contributed by atoms with Crippen LogP contribution in [0.15, 0.2) is 28.8 Å². The molecule has 3 unspecified atom stereocenters. The summed E-state index contributed by atoms with van der Waals surface area (Å²) in [4.78, 5) is 42.3. The number of Topliss-reactive ketones (excluding diaryl/α,β-unsaturated/α-hetero) is 3. The number of nitrogens with zero attached hydrogens (tertiary/aromatic N) is 1. The summed E-state index contributed by atoms with van der Waals surface area (Å²) in [5.41, 5.74) is -0.0170. The molecule has 0 aromatic carbocycles. The van der Waals surface area contributed by atoms with E-state index >= 15 is 0 Å². The molecule has 0 amide bonds. The van der Waals surface area contributed by atoms with E-state index in [2.05, 4.69) is 18.8 Å². The van der Waals surface area contributed by atoms with Gasteiger partial charge in [0.2, 0.25) is 0 Å². The van der Waals surface area contributed by atoms with Crippen LogP contribution in [-0.2, 0) is 14.4 Å². The number of ketones is 3. The molecule has 1 aliphatic heterocycles. The molecule has 4 nitrogen and oxygen atoms in total. The summed E-state index contributed by atoms with van der Waals surface area (Å²) in [6.45, 7) is 6.14. The van der Waals surface area contributed by atoms with Gasteiger partial charge in [0.05, 0.1) is 5.54 Å². The van der Waals surface area contributed by atoms with Crippen molar-refractivity contribution >= 4 is 23.6 Å². The molecule has 2 aliphatic carbocycles. The Balaban J connectivity index is 1.87. The fraction of sp³-hybridized carbons (Fsp3) is 0.579. The number of rotatable bonds is 3. The Morgan fingerprint density at radius 3 is 2.39 bits per heavy atom. The molecule has 0 radical (unpaired) electrons. The van der Waals surface area contributed by atoms with E-state index in [1.165, 1.54) is 0 Å². The molecule has 0 N–H and O–H groups in total. The van der Waals surface area contributed by atoms with Crippen LogP contribution in [0.2, 0.25) is 0 Å². The third kappa shape index (κ3) is 2.64. The Labute approximate surface area is 136 Å². The van der Waals surface area contributed by atoms with Gasteiger partial charge in [-0.1, -0.05) is 32.1 Å². The molecular weight excluding hydrogens is 290 g/mol. The van der Waals surface area contributed by atoms with Gasteiger partial charge in [-0.25, -0.2) is 0 Å². The van der Waals surface area contributed by atoms with Crippen LogP contribution in [0.3, 0.4) is 0 Å². The van der Waals surface area contributed by atoms with Crippen molar-refractivity contribution in [1.82, 2.24) is 0 Å². The van der Waals surface area contributed by atoms with Crippen molar-refractivity contribution in [2.24, 2.45) is 28.7 Å². The lowest BCUT2D eigenvalue weighted by Gasteiger charge is -2.25. The van der Waals surface area contributed by atoms with E-state index in [1.54, 1.807) is 12.3 Å². The van der Waals surface area contributed by atoms with Crippen LogP contribution in [0.1, 0.15) is 40.0 Å². The first-order chi connectivity index (χ1) is 10.8. The van der Waals surface area contributed by atoms with Gasteiger partial charge in [-0.05, 0) is 32.1 Å². The fourth-order valence-electron chi connectivity index (χ4n) is 3.66. The van der Waals surface area contributed by atoms with E-state index in [1.807, 2.05) is 19.1 Å². The van der Waals surface area contributed by atoms with Gasteiger partial charge in [0, 0.05) is 23.6 Å². The van der Waals surface area contributed by atoms with Crippen LogP contribution in [-0.4, -0.2) is 29.1 Å². The molecule has 0 saturated heterocycles. The zero-order chi connectivity index (χ0) is 16.8. The van der Waals surface area contributed by atoms with Crippen molar-refractivity contribution in [3.63, 3.8) is 0 Å². The minimum Gasteiger partial charge on any atom is -0.298 e. The lowest BCUT2D eigenvalue weighted by molar-refractivity contribution is -0.144. The highest BCUT2D eigenvalue weighted by atomic mass is 16.2. The molecule has 2 saturated carbocycles. The molecular formula is C19H23NO3.